The highest BCUT2D eigenvalue weighted by molar-refractivity contribution is 5.83. The molecule has 3 nitrogen and oxygen atoms in total. The predicted octanol–water partition coefficient (Wildman–Crippen LogP) is 3.37. The largest absolute Gasteiger partial charge is 0.299 e. The van der Waals surface area contributed by atoms with Gasteiger partial charge in [0.1, 0.15) is 5.78 Å². The van der Waals surface area contributed by atoms with Crippen LogP contribution in [-0.4, -0.2) is 16.0 Å². The van der Waals surface area contributed by atoms with Crippen LogP contribution >= 0.6 is 0 Å². The monoisotopic (exact) mass is 266 g/mol. The Morgan fingerprint density at radius 1 is 1.00 bits per heavy atom. The normalized spacial score (nSPS) is 15.9. The standard InChI is InChI=1S/C17H18N2O/c20-16-8-3-1-2-5-13-6-4-7-14(11-13)17-15(12-16)9-10-18-19-17/h4,6-7,9-11H,1-3,5,8,12H2. The lowest BCUT2D eigenvalue weighted by Crippen LogP contribution is -2.06. The van der Waals surface area contributed by atoms with Crippen molar-refractivity contribution < 1.29 is 4.79 Å². The summed E-state index contributed by atoms with van der Waals surface area (Å²) in [6, 6.07) is 10.4. The van der Waals surface area contributed by atoms with Crippen LogP contribution in [0.3, 0.4) is 0 Å². The van der Waals surface area contributed by atoms with Gasteiger partial charge in [-0.15, -0.1) is 0 Å². The molecule has 0 aliphatic heterocycles. The van der Waals surface area contributed by atoms with Crippen LogP contribution in [0.2, 0.25) is 0 Å². The second-order valence-electron chi connectivity index (χ2n) is 5.38. The smallest absolute Gasteiger partial charge is 0.137 e. The van der Waals surface area contributed by atoms with E-state index in [-0.39, 0.29) is 0 Å². The lowest BCUT2D eigenvalue weighted by molar-refractivity contribution is -0.118. The summed E-state index contributed by atoms with van der Waals surface area (Å²) in [4.78, 5) is 12.0. The molecule has 0 amide bonds. The molecule has 1 aromatic carbocycles. The Hall–Kier alpha value is -2.03. The van der Waals surface area contributed by atoms with Crippen LogP contribution in [-0.2, 0) is 17.6 Å². The topological polar surface area (TPSA) is 42.9 Å². The first kappa shape index (κ1) is 13.0. The molecule has 3 rings (SSSR count). The van der Waals surface area contributed by atoms with Crippen molar-refractivity contribution in [2.45, 2.75) is 38.5 Å². The fraction of sp³-hybridized carbons (Fsp3) is 0.353. The molecule has 2 bridgehead atoms. The molecule has 1 aromatic heterocycles. The third-order valence-electron chi connectivity index (χ3n) is 3.81. The Morgan fingerprint density at radius 3 is 2.85 bits per heavy atom. The number of hydrogen-bond donors (Lipinski definition) is 0. The van der Waals surface area contributed by atoms with Gasteiger partial charge in [-0.05, 0) is 42.5 Å². The van der Waals surface area contributed by atoms with E-state index in [2.05, 4.69) is 28.4 Å². The van der Waals surface area contributed by atoms with Gasteiger partial charge in [-0.25, -0.2) is 0 Å². The maximum Gasteiger partial charge on any atom is 0.137 e. The van der Waals surface area contributed by atoms with E-state index in [0.717, 1.165) is 42.5 Å². The van der Waals surface area contributed by atoms with Gasteiger partial charge < -0.3 is 0 Å². The van der Waals surface area contributed by atoms with Gasteiger partial charge in [-0.2, -0.15) is 10.2 Å². The molecule has 3 heteroatoms. The third kappa shape index (κ3) is 2.93. The van der Waals surface area contributed by atoms with Crippen molar-refractivity contribution in [2.24, 2.45) is 0 Å². The molecule has 0 saturated carbocycles. The summed E-state index contributed by atoms with van der Waals surface area (Å²) in [7, 11) is 0. The highest BCUT2D eigenvalue weighted by atomic mass is 16.1. The van der Waals surface area contributed by atoms with Crippen LogP contribution in [0.5, 0.6) is 0 Å². The SMILES string of the molecule is O=C1CCCCCc2cccc(c2)-c2nnccc2C1. The van der Waals surface area contributed by atoms with Crippen LogP contribution in [0.15, 0.2) is 36.5 Å². The zero-order valence-corrected chi connectivity index (χ0v) is 11.5. The highest BCUT2D eigenvalue weighted by Crippen LogP contribution is 2.24. The minimum atomic E-state index is 0.302. The number of benzene rings is 1. The zero-order valence-electron chi connectivity index (χ0n) is 11.5. The van der Waals surface area contributed by atoms with Crippen LogP contribution in [0, 0.1) is 0 Å². The maximum atomic E-state index is 12.0. The Labute approximate surface area is 119 Å². The van der Waals surface area contributed by atoms with Crippen molar-refractivity contribution in [3.63, 3.8) is 0 Å². The molecule has 1 heterocycles. The average Bonchev–Trinajstić information content (AvgIpc) is 2.47. The van der Waals surface area contributed by atoms with Gasteiger partial charge in [0.05, 0.1) is 5.69 Å². The molecule has 2 aromatic rings. The summed E-state index contributed by atoms with van der Waals surface area (Å²) < 4.78 is 0. The average molecular weight is 266 g/mol. The third-order valence-corrected chi connectivity index (χ3v) is 3.81. The minimum absolute atomic E-state index is 0.302. The van der Waals surface area contributed by atoms with Crippen molar-refractivity contribution in [2.75, 3.05) is 0 Å². The van der Waals surface area contributed by atoms with Crippen LogP contribution < -0.4 is 0 Å². The van der Waals surface area contributed by atoms with Crippen LogP contribution in [0.25, 0.3) is 11.3 Å². The number of aryl methyl sites for hydroxylation is 1. The van der Waals surface area contributed by atoms with Crippen molar-refractivity contribution >= 4 is 5.78 Å². The fourth-order valence-corrected chi connectivity index (χ4v) is 2.75. The number of carbonyl (C=O) groups is 1. The lowest BCUT2D eigenvalue weighted by Gasteiger charge is -2.10. The summed E-state index contributed by atoms with van der Waals surface area (Å²) in [6.07, 6.45) is 7.14. The summed E-state index contributed by atoms with van der Waals surface area (Å²) in [5.74, 6) is 0.302. The summed E-state index contributed by atoms with van der Waals surface area (Å²) in [6.45, 7) is 0. The number of nitrogens with zero attached hydrogens (tertiary/aromatic N) is 2. The molecule has 0 spiro atoms. The van der Waals surface area contributed by atoms with Gasteiger partial charge in [0.25, 0.3) is 0 Å². The van der Waals surface area contributed by atoms with Crippen LogP contribution in [0.1, 0.15) is 36.8 Å². The van der Waals surface area contributed by atoms with Gasteiger partial charge in [0.15, 0.2) is 0 Å². The highest BCUT2D eigenvalue weighted by Gasteiger charge is 2.12. The maximum absolute atomic E-state index is 12.0. The fourth-order valence-electron chi connectivity index (χ4n) is 2.75. The molecule has 0 fully saturated rings. The molecule has 1 aliphatic rings. The number of ketones is 1. The summed E-state index contributed by atoms with van der Waals surface area (Å²) in [5.41, 5.74) is 4.25. The van der Waals surface area contributed by atoms with E-state index in [1.807, 2.05) is 12.1 Å². The minimum Gasteiger partial charge on any atom is -0.299 e. The zero-order chi connectivity index (χ0) is 13.8. The molecule has 1 aliphatic carbocycles. The van der Waals surface area contributed by atoms with Crippen LogP contribution in [0.4, 0.5) is 0 Å². The molecular formula is C17H18N2O. The number of rotatable bonds is 0. The molecule has 20 heavy (non-hydrogen) atoms. The lowest BCUT2D eigenvalue weighted by atomic mass is 9.96. The second kappa shape index (κ2) is 5.95. The van der Waals surface area contributed by atoms with E-state index in [1.54, 1.807) is 6.20 Å². The van der Waals surface area contributed by atoms with E-state index in [9.17, 15) is 4.79 Å². The van der Waals surface area contributed by atoms with E-state index in [0.29, 0.717) is 18.6 Å². The Bertz CT molecular complexity index is 622. The summed E-state index contributed by atoms with van der Waals surface area (Å²) in [5, 5.41) is 8.24. The quantitative estimate of drug-likeness (QED) is 0.734. The van der Waals surface area contributed by atoms with Crippen molar-refractivity contribution in [1.29, 1.82) is 0 Å². The number of carbonyl (C=O) groups excluding carboxylic acids is 1. The first-order valence-corrected chi connectivity index (χ1v) is 7.24. The molecule has 102 valence electrons. The van der Waals surface area contributed by atoms with E-state index < -0.39 is 0 Å². The van der Waals surface area contributed by atoms with E-state index >= 15 is 0 Å². The van der Waals surface area contributed by atoms with E-state index in [1.165, 1.54) is 5.56 Å². The van der Waals surface area contributed by atoms with E-state index in [4.69, 9.17) is 0 Å². The molecular weight excluding hydrogens is 248 g/mol. The Morgan fingerprint density at radius 2 is 1.90 bits per heavy atom. The van der Waals surface area contributed by atoms with Gasteiger partial charge in [-0.1, -0.05) is 24.6 Å². The number of hydrogen-bond acceptors (Lipinski definition) is 3. The molecule has 0 saturated heterocycles. The van der Waals surface area contributed by atoms with Crippen molar-refractivity contribution in [1.82, 2.24) is 10.2 Å². The second-order valence-corrected chi connectivity index (χ2v) is 5.38. The predicted molar refractivity (Wildman–Crippen MR) is 78.4 cm³/mol. The molecule has 0 unspecified atom stereocenters. The van der Waals surface area contributed by atoms with Crippen molar-refractivity contribution in [3.05, 3.63) is 47.7 Å². The number of fused-ring (bicyclic) bond motifs is 4. The first-order valence-electron chi connectivity index (χ1n) is 7.24. The first-order chi connectivity index (χ1) is 9.83. The summed E-state index contributed by atoms with van der Waals surface area (Å²) >= 11 is 0. The van der Waals surface area contributed by atoms with Gasteiger partial charge in [-0.3, -0.25) is 4.79 Å². The Balaban J connectivity index is 2.05. The van der Waals surface area contributed by atoms with Crippen molar-refractivity contribution in [3.8, 4) is 11.3 Å². The van der Waals surface area contributed by atoms with Gasteiger partial charge in [0.2, 0.25) is 0 Å². The number of Topliss-reactive ketones (excluding diaryl/α,β-unsaturated/α-hetero) is 1. The molecule has 0 atom stereocenters. The number of aromatic nitrogens is 2. The Kier molecular flexibility index (Phi) is 3.86. The van der Waals surface area contributed by atoms with Gasteiger partial charge in [0, 0.05) is 24.6 Å². The molecule has 0 N–H and O–H groups in total. The molecule has 0 radical (unpaired) electrons. The van der Waals surface area contributed by atoms with Gasteiger partial charge >= 0.3 is 0 Å².